The van der Waals surface area contributed by atoms with E-state index in [1.807, 2.05) is 23.9 Å². The zero-order valence-corrected chi connectivity index (χ0v) is 26.1. The lowest BCUT2D eigenvalue weighted by Crippen LogP contribution is -2.67. The molecular weight excluding hydrogens is 504 g/mol. The summed E-state index contributed by atoms with van der Waals surface area (Å²) in [5, 5.41) is 23.2. The summed E-state index contributed by atoms with van der Waals surface area (Å²) in [4.78, 5) is 4.48. The van der Waals surface area contributed by atoms with Crippen LogP contribution in [-0.4, -0.2) is 31.7 Å². The second-order valence-corrected chi connectivity index (χ2v) is 16.3. The molecule has 1 aromatic rings. The van der Waals surface area contributed by atoms with Crippen LogP contribution in [0, 0.1) is 63.6 Å². The van der Waals surface area contributed by atoms with Crippen LogP contribution in [0.3, 0.4) is 0 Å². The molecule has 2 N–H and O–H groups in total. The lowest BCUT2D eigenvalue weighted by atomic mass is 9.32. The molecule has 5 heteroatoms. The zero-order valence-electron chi connectivity index (χ0n) is 25.3. The van der Waals surface area contributed by atoms with Gasteiger partial charge in [0.2, 0.25) is 0 Å². The summed E-state index contributed by atoms with van der Waals surface area (Å²) in [5.41, 5.74) is 1.76. The van der Waals surface area contributed by atoms with E-state index in [0.717, 1.165) is 37.9 Å². The summed E-state index contributed by atoms with van der Waals surface area (Å²) in [6, 6.07) is 0. The average Bonchev–Trinajstić information content (AvgIpc) is 3.50. The van der Waals surface area contributed by atoms with Crippen molar-refractivity contribution in [3.05, 3.63) is 30.4 Å². The van der Waals surface area contributed by atoms with Gasteiger partial charge in [0, 0.05) is 23.7 Å². The molecule has 0 saturated heterocycles. The summed E-state index contributed by atoms with van der Waals surface area (Å²) >= 11 is 6.50. The first-order valence-electron chi connectivity index (χ1n) is 15.9. The third-order valence-electron chi connectivity index (χ3n) is 14.8. The first-order valence-corrected chi connectivity index (χ1v) is 16.4. The summed E-state index contributed by atoms with van der Waals surface area (Å²) in [6.45, 7) is 19.1. The van der Waals surface area contributed by atoms with Crippen LogP contribution in [0.2, 0.25) is 0 Å². The molecule has 1 unspecified atom stereocenters. The number of allylic oxidation sites excluding steroid dienone is 1. The van der Waals surface area contributed by atoms with Crippen LogP contribution in [0.5, 0.6) is 0 Å². The molecule has 5 aliphatic carbocycles. The molecule has 0 amide bonds. The predicted molar refractivity (Wildman–Crippen MR) is 158 cm³/mol. The topological polar surface area (TPSA) is 58.3 Å². The Morgan fingerprint density at radius 3 is 2.41 bits per heavy atom. The summed E-state index contributed by atoms with van der Waals surface area (Å²) in [5.74, 6) is 4.00. The number of aryl methyl sites for hydroxylation is 1. The van der Waals surface area contributed by atoms with E-state index in [-0.39, 0.29) is 33.2 Å². The first kappa shape index (κ1) is 28.3. The smallest absolute Gasteiger partial charge is 0.137 e. The Balaban J connectivity index is 1.42. The van der Waals surface area contributed by atoms with Crippen molar-refractivity contribution in [2.75, 3.05) is 5.88 Å². The van der Waals surface area contributed by atoms with Gasteiger partial charge in [0.25, 0.3) is 0 Å². The number of imidazole rings is 1. The highest BCUT2D eigenvalue weighted by Gasteiger charge is 2.71. The maximum Gasteiger partial charge on any atom is 0.137 e. The highest BCUT2D eigenvalue weighted by Crippen LogP contribution is 2.78. The van der Waals surface area contributed by atoms with Gasteiger partial charge in [-0.05, 0) is 122 Å². The Bertz CT molecular complexity index is 1130. The van der Waals surface area contributed by atoms with Gasteiger partial charge in [0.05, 0.1) is 6.10 Å². The molecule has 218 valence electrons. The number of hydrogen-bond donors (Lipinski definition) is 2. The van der Waals surface area contributed by atoms with Crippen molar-refractivity contribution < 1.29 is 10.2 Å². The van der Waals surface area contributed by atoms with Crippen LogP contribution in [0.15, 0.2) is 24.5 Å². The standard InChI is InChI=1S/C34H53ClN2O2/c1-21(20-35)23-10-15-34(29(39)37-19-18-36-22(37)2)17-16-32(6)24(28(23)34)8-9-26-31(5)13-12-27(38)30(3,4)25(31)11-14-33(26,32)7/h18-19,23-29,38-39H,1,8-17,20H2,2-7H3/t23-,24+,25-,26+,27-,28+,29?,31-,32+,33+,34-/m0/s1. The van der Waals surface area contributed by atoms with E-state index >= 15 is 0 Å². The summed E-state index contributed by atoms with van der Waals surface area (Å²) in [7, 11) is 0. The maximum atomic E-state index is 12.1. The van der Waals surface area contributed by atoms with E-state index in [1.54, 1.807) is 0 Å². The number of nitrogens with zero attached hydrogens (tertiary/aromatic N) is 2. The molecule has 4 nitrogen and oxygen atoms in total. The molecular formula is C34H53ClN2O2. The van der Waals surface area contributed by atoms with Crippen molar-refractivity contribution >= 4 is 11.6 Å². The second-order valence-electron chi connectivity index (χ2n) is 16.0. The van der Waals surface area contributed by atoms with Gasteiger partial charge in [-0.15, -0.1) is 11.6 Å². The van der Waals surface area contributed by atoms with Crippen LogP contribution >= 0.6 is 11.6 Å². The highest BCUT2D eigenvalue weighted by molar-refractivity contribution is 6.19. The van der Waals surface area contributed by atoms with Crippen LogP contribution in [0.4, 0.5) is 0 Å². The molecule has 0 aliphatic heterocycles. The number of alkyl halides is 1. The van der Waals surface area contributed by atoms with Gasteiger partial charge in [-0.25, -0.2) is 4.98 Å². The summed E-state index contributed by atoms with van der Waals surface area (Å²) in [6.07, 6.45) is 14.5. The fraction of sp³-hybridized carbons (Fsp3) is 0.853. The highest BCUT2D eigenvalue weighted by atomic mass is 35.5. The van der Waals surface area contributed by atoms with Gasteiger partial charge in [-0.3, -0.25) is 0 Å². The molecule has 5 saturated carbocycles. The molecule has 5 aliphatic rings. The number of halogens is 1. The SMILES string of the molecule is C=C(CCl)[C@@H]1CC[C@]2(C(O)n3ccnc3C)CC[C@]3(C)[C@H](CC[C@@H]4[C@@]5(C)CC[C@H](O)C(C)(C)[C@@H]5CC[C@]43C)[C@@H]12. The molecule has 0 radical (unpaired) electrons. The Morgan fingerprint density at radius 2 is 1.74 bits per heavy atom. The van der Waals surface area contributed by atoms with Crippen LogP contribution < -0.4 is 0 Å². The minimum absolute atomic E-state index is 0.0186. The van der Waals surface area contributed by atoms with Crippen LogP contribution in [0.1, 0.15) is 111 Å². The molecule has 39 heavy (non-hydrogen) atoms. The van der Waals surface area contributed by atoms with Crippen molar-refractivity contribution in [3.8, 4) is 0 Å². The van der Waals surface area contributed by atoms with Gasteiger partial charge in [-0.2, -0.15) is 0 Å². The molecule has 0 aromatic carbocycles. The lowest BCUT2D eigenvalue weighted by molar-refractivity contribution is -0.257. The third-order valence-corrected chi connectivity index (χ3v) is 15.2. The Labute approximate surface area is 242 Å². The van der Waals surface area contributed by atoms with Crippen LogP contribution in [-0.2, 0) is 0 Å². The Morgan fingerprint density at radius 1 is 1.00 bits per heavy atom. The van der Waals surface area contributed by atoms with Crippen molar-refractivity contribution in [1.82, 2.24) is 9.55 Å². The normalized spacial score (nSPS) is 49.4. The molecule has 1 heterocycles. The predicted octanol–water partition coefficient (Wildman–Crippen LogP) is 7.92. The van der Waals surface area contributed by atoms with Crippen molar-refractivity contribution in [3.63, 3.8) is 0 Å². The van der Waals surface area contributed by atoms with Crippen molar-refractivity contribution in [2.24, 2.45) is 56.7 Å². The second kappa shape index (κ2) is 9.08. The van der Waals surface area contributed by atoms with Crippen LogP contribution in [0.25, 0.3) is 0 Å². The van der Waals surface area contributed by atoms with Gasteiger partial charge in [0.15, 0.2) is 0 Å². The van der Waals surface area contributed by atoms with Gasteiger partial charge in [-0.1, -0.05) is 46.8 Å². The Kier molecular flexibility index (Phi) is 6.58. The minimum atomic E-state index is -0.554. The number of aliphatic hydroxyl groups is 2. The molecule has 11 atom stereocenters. The van der Waals surface area contributed by atoms with E-state index in [1.165, 1.54) is 37.7 Å². The van der Waals surface area contributed by atoms with Gasteiger partial charge < -0.3 is 14.8 Å². The van der Waals surface area contributed by atoms with Crippen molar-refractivity contribution in [1.29, 1.82) is 0 Å². The van der Waals surface area contributed by atoms with E-state index < -0.39 is 6.23 Å². The quantitative estimate of drug-likeness (QED) is 0.292. The van der Waals surface area contributed by atoms with E-state index in [2.05, 4.69) is 46.2 Å². The van der Waals surface area contributed by atoms with Crippen molar-refractivity contribution in [2.45, 2.75) is 118 Å². The molecule has 1 aromatic heterocycles. The van der Waals surface area contributed by atoms with E-state index in [4.69, 9.17) is 11.6 Å². The molecule has 5 fully saturated rings. The Hall–Kier alpha value is -0.840. The largest absolute Gasteiger partial charge is 0.393 e. The third kappa shape index (κ3) is 3.52. The number of rotatable bonds is 4. The molecule has 0 spiro atoms. The zero-order chi connectivity index (χ0) is 28.2. The van der Waals surface area contributed by atoms with E-state index in [0.29, 0.717) is 35.5 Å². The number of aliphatic hydroxyl groups excluding tert-OH is 2. The average molecular weight is 557 g/mol. The lowest BCUT2D eigenvalue weighted by Gasteiger charge is -2.73. The number of aromatic nitrogens is 2. The van der Waals surface area contributed by atoms with E-state index in [9.17, 15) is 10.2 Å². The molecule has 0 bridgehead atoms. The minimum Gasteiger partial charge on any atom is -0.393 e. The van der Waals surface area contributed by atoms with Gasteiger partial charge >= 0.3 is 0 Å². The fourth-order valence-corrected chi connectivity index (χ4v) is 12.8. The number of fused-ring (bicyclic) bond motifs is 7. The summed E-state index contributed by atoms with van der Waals surface area (Å²) < 4.78 is 2.04. The monoisotopic (exact) mass is 556 g/mol. The molecule has 6 rings (SSSR count). The first-order chi connectivity index (χ1) is 18.3. The maximum absolute atomic E-state index is 12.1. The van der Waals surface area contributed by atoms with Gasteiger partial charge in [0.1, 0.15) is 12.1 Å². The number of hydrogen-bond acceptors (Lipinski definition) is 3. The fourth-order valence-electron chi connectivity index (χ4n) is 12.6.